The summed E-state index contributed by atoms with van der Waals surface area (Å²) in [5.74, 6) is -0.499. The molecule has 0 bridgehead atoms. The number of hydrogen-bond acceptors (Lipinski definition) is 3. The van der Waals surface area contributed by atoms with Crippen LogP contribution in [0.1, 0.15) is 31.2 Å². The van der Waals surface area contributed by atoms with Gasteiger partial charge in [0, 0.05) is 11.6 Å². The molecule has 0 fully saturated rings. The Bertz CT molecular complexity index is 984. The van der Waals surface area contributed by atoms with Crippen LogP contribution >= 0.6 is 34.5 Å². The van der Waals surface area contributed by atoms with E-state index in [2.05, 4.69) is 10.6 Å². The maximum Gasteiger partial charge on any atom is 0.261 e. The fourth-order valence-corrected chi connectivity index (χ4v) is 3.79. The molecule has 0 aliphatic heterocycles. The molecule has 2 aromatic carbocycles. The van der Waals surface area contributed by atoms with Crippen LogP contribution in [0.15, 0.2) is 54.6 Å². The smallest absolute Gasteiger partial charge is 0.261 e. The van der Waals surface area contributed by atoms with Gasteiger partial charge in [0.05, 0.1) is 20.5 Å². The topological polar surface area (TPSA) is 58.2 Å². The van der Waals surface area contributed by atoms with Crippen molar-refractivity contribution < 1.29 is 9.59 Å². The molecule has 0 spiro atoms. The molecule has 2 N–H and O–H groups in total. The van der Waals surface area contributed by atoms with Gasteiger partial charge in [-0.15, -0.1) is 11.3 Å². The van der Waals surface area contributed by atoms with E-state index in [-0.39, 0.29) is 11.8 Å². The van der Waals surface area contributed by atoms with E-state index >= 15 is 0 Å². The fraction of sp³-hybridized carbons (Fsp3) is 0.100. The summed E-state index contributed by atoms with van der Waals surface area (Å²) in [6.45, 7) is 2.23. The minimum absolute atomic E-state index is 0.189. The molecule has 0 atom stereocenters. The summed E-state index contributed by atoms with van der Waals surface area (Å²) in [6.07, 6.45) is 0. The molecule has 3 aromatic rings. The van der Waals surface area contributed by atoms with Gasteiger partial charge in [0.25, 0.3) is 11.8 Å². The van der Waals surface area contributed by atoms with Crippen LogP contribution in [0.2, 0.25) is 10.0 Å². The van der Waals surface area contributed by atoms with Gasteiger partial charge in [-0.05, 0) is 48.4 Å². The molecule has 138 valence electrons. The van der Waals surface area contributed by atoms with Gasteiger partial charge in [-0.3, -0.25) is 9.59 Å². The van der Waals surface area contributed by atoms with Gasteiger partial charge in [-0.1, -0.05) is 47.5 Å². The van der Waals surface area contributed by atoms with E-state index in [1.807, 2.05) is 19.1 Å². The summed E-state index contributed by atoms with van der Waals surface area (Å²) >= 11 is 13.1. The standard InChI is InChI=1S/C20H16Cl2N2O2S/c1-12-10-17(24-19(25)15-4-2-3-5-16(15)22)27-18(12)20(26)23-11-13-6-8-14(21)9-7-13/h2-10H,11H2,1H3,(H,23,26)(H,24,25). The quantitative estimate of drug-likeness (QED) is 0.570. The number of hydrogen-bond donors (Lipinski definition) is 2. The Morgan fingerprint density at radius 1 is 1.00 bits per heavy atom. The number of aryl methyl sites for hydroxylation is 1. The average molecular weight is 419 g/mol. The maximum atomic E-state index is 12.5. The third kappa shape index (κ3) is 4.89. The van der Waals surface area contributed by atoms with E-state index in [1.165, 1.54) is 11.3 Å². The normalized spacial score (nSPS) is 10.5. The van der Waals surface area contributed by atoms with Gasteiger partial charge in [0.15, 0.2) is 0 Å². The number of benzene rings is 2. The van der Waals surface area contributed by atoms with E-state index in [1.54, 1.807) is 42.5 Å². The van der Waals surface area contributed by atoms with Crippen molar-refractivity contribution in [2.45, 2.75) is 13.5 Å². The summed E-state index contributed by atoms with van der Waals surface area (Å²) in [5.41, 5.74) is 2.14. The number of thiophene rings is 1. The number of rotatable bonds is 5. The monoisotopic (exact) mass is 418 g/mol. The minimum atomic E-state index is -0.310. The van der Waals surface area contributed by atoms with Crippen LogP contribution < -0.4 is 10.6 Å². The molecule has 0 saturated carbocycles. The summed E-state index contributed by atoms with van der Waals surface area (Å²) in [7, 11) is 0. The molecular formula is C20H16Cl2N2O2S. The number of carbonyl (C=O) groups excluding carboxylic acids is 2. The van der Waals surface area contributed by atoms with Crippen molar-refractivity contribution in [2.75, 3.05) is 5.32 Å². The predicted molar refractivity (Wildman–Crippen MR) is 111 cm³/mol. The largest absolute Gasteiger partial charge is 0.347 e. The molecule has 0 radical (unpaired) electrons. The van der Waals surface area contributed by atoms with Gasteiger partial charge in [-0.25, -0.2) is 0 Å². The van der Waals surface area contributed by atoms with E-state index in [9.17, 15) is 9.59 Å². The van der Waals surface area contributed by atoms with E-state index in [4.69, 9.17) is 23.2 Å². The van der Waals surface area contributed by atoms with Gasteiger partial charge in [-0.2, -0.15) is 0 Å². The number of carbonyl (C=O) groups is 2. The van der Waals surface area contributed by atoms with Crippen molar-refractivity contribution in [3.63, 3.8) is 0 Å². The molecule has 0 aliphatic carbocycles. The van der Waals surface area contributed by atoms with E-state index < -0.39 is 0 Å². The first-order valence-corrected chi connectivity index (χ1v) is 9.70. The zero-order chi connectivity index (χ0) is 19.4. The Kier molecular flexibility index (Phi) is 6.16. The van der Waals surface area contributed by atoms with Gasteiger partial charge in [0.2, 0.25) is 0 Å². The van der Waals surface area contributed by atoms with Crippen LogP contribution in [0.3, 0.4) is 0 Å². The molecule has 7 heteroatoms. The number of nitrogens with one attached hydrogen (secondary N) is 2. The zero-order valence-corrected chi connectivity index (χ0v) is 16.7. The predicted octanol–water partition coefficient (Wildman–Crippen LogP) is 5.55. The Hall–Kier alpha value is -2.34. The summed E-state index contributed by atoms with van der Waals surface area (Å²) in [4.78, 5) is 25.4. The van der Waals surface area contributed by atoms with Crippen molar-refractivity contribution in [3.8, 4) is 0 Å². The lowest BCUT2D eigenvalue weighted by Gasteiger charge is -2.05. The Labute approximate surface area is 171 Å². The first-order chi connectivity index (χ1) is 12.9. The highest BCUT2D eigenvalue weighted by atomic mass is 35.5. The van der Waals surface area contributed by atoms with Gasteiger partial charge >= 0.3 is 0 Å². The molecule has 0 unspecified atom stereocenters. The molecule has 2 amide bonds. The zero-order valence-electron chi connectivity index (χ0n) is 14.4. The van der Waals surface area contributed by atoms with Crippen LogP contribution in [0.5, 0.6) is 0 Å². The minimum Gasteiger partial charge on any atom is -0.347 e. The average Bonchev–Trinajstić information content (AvgIpc) is 3.01. The van der Waals surface area contributed by atoms with E-state index in [0.29, 0.717) is 32.0 Å². The van der Waals surface area contributed by atoms with Gasteiger partial charge in [0.1, 0.15) is 0 Å². The second-order valence-corrected chi connectivity index (χ2v) is 7.76. The molecule has 0 aliphatic rings. The fourth-order valence-electron chi connectivity index (χ4n) is 2.46. The molecule has 27 heavy (non-hydrogen) atoms. The second kappa shape index (κ2) is 8.57. The number of halogens is 2. The Morgan fingerprint density at radius 3 is 2.41 bits per heavy atom. The third-order valence-electron chi connectivity index (χ3n) is 3.85. The second-order valence-electron chi connectivity index (χ2n) is 5.87. The summed E-state index contributed by atoms with van der Waals surface area (Å²) in [5, 5.41) is 7.29. The van der Waals surface area contributed by atoms with Crippen molar-refractivity contribution in [1.82, 2.24) is 5.32 Å². The van der Waals surface area contributed by atoms with Crippen molar-refractivity contribution in [2.24, 2.45) is 0 Å². The molecule has 1 heterocycles. The van der Waals surface area contributed by atoms with Crippen LogP contribution in [0.4, 0.5) is 5.00 Å². The molecule has 4 nitrogen and oxygen atoms in total. The van der Waals surface area contributed by atoms with E-state index in [0.717, 1.165) is 11.1 Å². The lowest BCUT2D eigenvalue weighted by Crippen LogP contribution is -2.22. The molecule has 0 saturated heterocycles. The summed E-state index contributed by atoms with van der Waals surface area (Å²) in [6, 6.07) is 15.9. The lowest BCUT2D eigenvalue weighted by atomic mass is 10.2. The highest BCUT2D eigenvalue weighted by molar-refractivity contribution is 7.18. The maximum absolute atomic E-state index is 12.5. The van der Waals surface area contributed by atoms with Crippen molar-refractivity contribution in [1.29, 1.82) is 0 Å². The molecule has 3 rings (SSSR count). The number of amides is 2. The van der Waals surface area contributed by atoms with Crippen LogP contribution in [0.25, 0.3) is 0 Å². The van der Waals surface area contributed by atoms with Gasteiger partial charge < -0.3 is 10.6 Å². The van der Waals surface area contributed by atoms with Crippen LogP contribution in [0, 0.1) is 6.92 Å². The highest BCUT2D eigenvalue weighted by Gasteiger charge is 2.16. The third-order valence-corrected chi connectivity index (χ3v) is 5.58. The van der Waals surface area contributed by atoms with Crippen molar-refractivity contribution >= 4 is 51.4 Å². The first-order valence-electron chi connectivity index (χ1n) is 8.13. The van der Waals surface area contributed by atoms with Crippen LogP contribution in [-0.2, 0) is 6.54 Å². The highest BCUT2D eigenvalue weighted by Crippen LogP contribution is 2.28. The van der Waals surface area contributed by atoms with Crippen molar-refractivity contribution in [3.05, 3.63) is 86.2 Å². The first kappa shape index (κ1) is 19.4. The summed E-state index contributed by atoms with van der Waals surface area (Å²) < 4.78 is 0. The molecular weight excluding hydrogens is 403 g/mol. The Balaban J connectivity index is 1.66. The Morgan fingerprint density at radius 2 is 1.70 bits per heavy atom. The SMILES string of the molecule is Cc1cc(NC(=O)c2ccccc2Cl)sc1C(=O)NCc1ccc(Cl)cc1. The number of anilines is 1. The molecule has 1 aromatic heterocycles. The van der Waals surface area contributed by atoms with Crippen LogP contribution in [-0.4, -0.2) is 11.8 Å². The lowest BCUT2D eigenvalue weighted by molar-refractivity contribution is 0.0953.